The van der Waals surface area contributed by atoms with E-state index in [-0.39, 0.29) is 11.7 Å². The Labute approximate surface area is 123 Å². The van der Waals surface area contributed by atoms with Crippen molar-refractivity contribution >= 4 is 15.7 Å². The van der Waals surface area contributed by atoms with Crippen LogP contribution in [0.4, 0.5) is 14.5 Å². The molecule has 1 aliphatic rings. The molecular formula is C13H19F2N3O2S. The van der Waals surface area contributed by atoms with Crippen molar-refractivity contribution in [1.82, 2.24) is 9.62 Å². The minimum Gasteiger partial charge on any atom is -0.399 e. The Balaban J connectivity index is 2.23. The largest absolute Gasteiger partial charge is 0.399 e. The van der Waals surface area contributed by atoms with Crippen LogP contribution in [0, 0.1) is 11.6 Å². The Morgan fingerprint density at radius 2 is 2.14 bits per heavy atom. The smallest absolute Gasteiger partial charge is 0.243 e. The molecule has 1 atom stereocenters. The Kier molecular flexibility index (Phi) is 4.80. The molecule has 0 aromatic heterocycles. The van der Waals surface area contributed by atoms with Gasteiger partial charge in [-0.15, -0.1) is 0 Å². The zero-order valence-electron chi connectivity index (χ0n) is 11.8. The van der Waals surface area contributed by atoms with Crippen molar-refractivity contribution in [3.05, 3.63) is 23.8 Å². The number of likely N-dealkylation sites (N-methyl/N-ethyl adjacent to an activating group) is 1. The first-order valence-electron chi connectivity index (χ1n) is 6.82. The third kappa shape index (κ3) is 3.69. The van der Waals surface area contributed by atoms with Gasteiger partial charge in [0, 0.05) is 18.3 Å². The first kappa shape index (κ1) is 16.1. The van der Waals surface area contributed by atoms with Gasteiger partial charge >= 0.3 is 0 Å². The summed E-state index contributed by atoms with van der Waals surface area (Å²) in [5, 5.41) is 0. The van der Waals surface area contributed by atoms with Crippen LogP contribution in [-0.2, 0) is 10.0 Å². The second-order valence-corrected chi connectivity index (χ2v) is 6.85. The monoisotopic (exact) mass is 319 g/mol. The second-order valence-electron chi connectivity index (χ2n) is 5.17. The Bertz CT molecular complexity index is 622. The molecule has 1 aliphatic heterocycles. The highest BCUT2D eigenvalue weighted by atomic mass is 32.2. The molecular weight excluding hydrogens is 300 g/mol. The normalized spacial score (nSPS) is 20.6. The maximum absolute atomic E-state index is 13.7. The SMILES string of the molecule is CCN1CCCC(NS(=O)(=O)c2cc(N)cc(F)c2F)C1. The molecule has 0 radical (unpaired) electrons. The Morgan fingerprint density at radius 1 is 1.43 bits per heavy atom. The number of halogens is 2. The van der Waals surface area contributed by atoms with E-state index in [2.05, 4.69) is 9.62 Å². The van der Waals surface area contributed by atoms with E-state index in [4.69, 9.17) is 5.73 Å². The summed E-state index contributed by atoms with van der Waals surface area (Å²) in [6, 6.07) is 1.38. The van der Waals surface area contributed by atoms with Crippen LogP contribution in [-0.4, -0.2) is 39.0 Å². The van der Waals surface area contributed by atoms with Crippen molar-refractivity contribution in [3.8, 4) is 0 Å². The summed E-state index contributed by atoms with van der Waals surface area (Å²) in [6.45, 7) is 4.28. The number of benzene rings is 1. The van der Waals surface area contributed by atoms with Crippen molar-refractivity contribution in [2.45, 2.75) is 30.7 Å². The molecule has 1 fully saturated rings. The van der Waals surface area contributed by atoms with Crippen molar-refractivity contribution in [2.24, 2.45) is 0 Å². The Morgan fingerprint density at radius 3 is 2.81 bits per heavy atom. The minimum absolute atomic E-state index is 0.131. The van der Waals surface area contributed by atoms with Crippen LogP contribution in [0.25, 0.3) is 0 Å². The lowest BCUT2D eigenvalue weighted by Crippen LogP contribution is -2.47. The molecule has 118 valence electrons. The van der Waals surface area contributed by atoms with E-state index in [1.165, 1.54) is 0 Å². The van der Waals surface area contributed by atoms with E-state index in [1.807, 2.05) is 6.92 Å². The fourth-order valence-corrected chi connectivity index (χ4v) is 3.88. The summed E-state index contributed by atoms with van der Waals surface area (Å²) in [7, 11) is -4.14. The molecule has 0 spiro atoms. The number of piperidine rings is 1. The number of sulfonamides is 1. The fourth-order valence-electron chi connectivity index (χ4n) is 2.50. The quantitative estimate of drug-likeness (QED) is 0.821. The molecule has 1 unspecified atom stereocenters. The zero-order valence-corrected chi connectivity index (χ0v) is 12.6. The topological polar surface area (TPSA) is 75.4 Å². The number of anilines is 1. The lowest BCUT2D eigenvalue weighted by molar-refractivity contribution is 0.211. The summed E-state index contributed by atoms with van der Waals surface area (Å²) in [5.41, 5.74) is 5.26. The molecule has 5 nitrogen and oxygen atoms in total. The molecule has 2 rings (SSSR count). The summed E-state index contributed by atoms with van der Waals surface area (Å²) >= 11 is 0. The van der Waals surface area contributed by atoms with Gasteiger partial charge in [0.25, 0.3) is 0 Å². The van der Waals surface area contributed by atoms with Gasteiger partial charge in [-0.3, -0.25) is 0 Å². The molecule has 0 aliphatic carbocycles. The summed E-state index contributed by atoms with van der Waals surface area (Å²) in [5.74, 6) is -2.67. The Hall–Kier alpha value is -1.25. The van der Waals surface area contributed by atoms with Crippen LogP contribution >= 0.6 is 0 Å². The van der Waals surface area contributed by atoms with E-state index < -0.39 is 26.6 Å². The van der Waals surface area contributed by atoms with E-state index in [1.54, 1.807) is 0 Å². The number of nitrogens with one attached hydrogen (secondary N) is 1. The summed E-state index contributed by atoms with van der Waals surface area (Å²) in [6.07, 6.45) is 1.52. The molecule has 3 N–H and O–H groups in total. The highest BCUT2D eigenvalue weighted by Crippen LogP contribution is 2.22. The highest BCUT2D eigenvalue weighted by molar-refractivity contribution is 7.89. The molecule has 1 saturated heterocycles. The molecule has 0 amide bonds. The van der Waals surface area contributed by atoms with Gasteiger partial charge in [0.05, 0.1) is 0 Å². The third-order valence-corrected chi connectivity index (χ3v) is 5.10. The first-order chi connectivity index (χ1) is 9.83. The molecule has 8 heteroatoms. The van der Waals surface area contributed by atoms with Crippen molar-refractivity contribution in [1.29, 1.82) is 0 Å². The molecule has 1 aromatic rings. The van der Waals surface area contributed by atoms with Crippen molar-refractivity contribution in [2.75, 3.05) is 25.4 Å². The van der Waals surface area contributed by atoms with E-state index in [0.717, 1.165) is 31.6 Å². The molecule has 1 aromatic carbocycles. The highest BCUT2D eigenvalue weighted by Gasteiger charge is 2.28. The number of nitrogens with zero attached hydrogens (tertiary/aromatic N) is 1. The number of nitrogens with two attached hydrogens (primary N) is 1. The van der Waals surface area contributed by atoms with Gasteiger partial charge in [0.1, 0.15) is 4.90 Å². The van der Waals surface area contributed by atoms with Crippen LogP contribution in [0.1, 0.15) is 19.8 Å². The molecule has 1 heterocycles. The van der Waals surface area contributed by atoms with Gasteiger partial charge in [-0.25, -0.2) is 21.9 Å². The number of hydrogen-bond donors (Lipinski definition) is 2. The predicted molar refractivity (Wildman–Crippen MR) is 76.2 cm³/mol. The van der Waals surface area contributed by atoms with Crippen LogP contribution in [0.15, 0.2) is 17.0 Å². The third-order valence-electron chi connectivity index (χ3n) is 3.58. The fraction of sp³-hybridized carbons (Fsp3) is 0.538. The number of rotatable bonds is 4. The maximum atomic E-state index is 13.7. The summed E-state index contributed by atoms with van der Waals surface area (Å²) in [4.78, 5) is 1.36. The average Bonchev–Trinajstić information content (AvgIpc) is 2.42. The van der Waals surface area contributed by atoms with Crippen LogP contribution in [0.2, 0.25) is 0 Å². The summed E-state index contributed by atoms with van der Waals surface area (Å²) < 4.78 is 53.9. The van der Waals surface area contributed by atoms with Gasteiger partial charge in [-0.1, -0.05) is 6.92 Å². The lowest BCUT2D eigenvalue weighted by atomic mass is 10.1. The van der Waals surface area contributed by atoms with Gasteiger partial charge in [0.2, 0.25) is 10.0 Å². The minimum atomic E-state index is -4.14. The van der Waals surface area contributed by atoms with E-state index >= 15 is 0 Å². The first-order valence-corrected chi connectivity index (χ1v) is 8.31. The zero-order chi connectivity index (χ0) is 15.6. The van der Waals surface area contributed by atoms with E-state index in [0.29, 0.717) is 13.0 Å². The van der Waals surface area contributed by atoms with E-state index in [9.17, 15) is 17.2 Å². The number of nitrogen functional groups attached to an aromatic ring is 1. The average molecular weight is 319 g/mol. The number of hydrogen-bond acceptors (Lipinski definition) is 4. The predicted octanol–water partition coefficient (Wildman–Crippen LogP) is 1.31. The maximum Gasteiger partial charge on any atom is 0.243 e. The second kappa shape index (κ2) is 6.25. The van der Waals surface area contributed by atoms with Gasteiger partial charge in [0.15, 0.2) is 11.6 Å². The van der Waals surface area contributed by atoms with Gasteiger partial charge < -0.3 is 10.6 Å². The van der Waals surface area contributed by atoms with Gasteiger partial charge in [-0.05, 0) is 38.1 Å². The lowest BCUT2D eigenvalue weighted by Gasteiger charge is -2.32. The van der Waals surface area contributed by atoms with Crippen LogP contribution in [0.3, 0.4) is 0 Å². The van der Waals surface area contributed by atoms with Crippen LogP contribution in [0.5, 0.6) is 0 Å². The molecule has 0 bridgehead atoms. The molecule has 21 heavy (non-hydrogen) atoms. The van der Waals surface area contributed by atoms with Crippen LogP contribution < -0.4 is 10.5 Å². The molecule has 0 saturated carbocycles. The van der Waals surface area contributed by atoms with Crippen molar-refractivity contribution < 1.29 is 17.2 Å². The standard InChI is InChI=1S/C13H19F2N3O2S/c1-2-18-5-3-4-10(8-18)17-21(19,20)12-7-9(16)6-11(14)13(12)15/h6-7,10,17H,2-5,8,16H2,1H3. The van der Waals surface area contributed by atoms with Crippen molar-refractivity contribution in [3.63, 3.8) is 0 Å². The number of likely N-dealkylation sites (tertiary alicyclic amines) is 1. The van der Waals surface area contributed by atoms with Gasteiger partial charge in [-0.2, -0.15) is 0 Å².